The van der Waals surface area contributed by atoms with E-state index in [1.807, 2.05) is 24.3 Å². The van der Waals surface area contributed by atoms with Gasteiger partial charge in [0.2, 0.25) is 10.0 Å². The topological polar surface area (TPSA) is 50.5 Å². The highest BCUT2D eigenvalue weighted by Gasteiger charge is 2.34. The molecule has 1 unspecified atom stereocenters. The van der Waals surface area contributed by atoms with Gasteiger partial charge in [0.25, 0.3) is 0 Å². The lowest BCUT2D eigenvalue weighted by Crippen LogP contribution is -2.28. The first kappa shape index (κ1) is 16.3. The molecule has 1 aromatic carbocycles. The first-order chi connectivity index (χ1) is 10.8. The van der Waals surface area contributed by atoms with Gasteiger partial charge in [-0.1, -0.05) is 32.9 Å². The van der Waals surface area contributed by atoms with E-state index in [1.54, 1.807) is 22.7 Å². The van der Waals surface area contributed by atoms with Crippen molar-refractivity contribution in [3.05, 3.63) is 54.0 Å². The van der Waals surface area contributed by atoms with E-state index in [0.717, 1.165) is 17.7 Å². The van der Waals surface area contributed by atoms with Crippen molar-refractivity contribution in [2.75, 3.05) is 13.1 Å². The normalized spacial score (nSPS) is 20.0. The highest BCUT2D eigenvalue weighted by Crippen LogP contribution is 2.32. The SMILES string of the molecule is CC(C)(C)c1ccc(S(=O)(=O)N2CCC(c3ccco3)C2)cc1. The molecule has 0 saturated carbocycles. The van der Waals surface area contributed by atoms with Crippen molar-refractivity contribution in [3.8, 4) is 0 Å². The smallest absolute Gasteiger partial charge is 0.243 e. The first-order valence-electron chi connectivity index (χ1n) is 7.92. The Balaban J connectivity index is 1.79. The van der Waals surface area contributed by atoms with Crippen LogP contribution in [0.15, 0.2) is 52.0 Å². The van der Waals surface area contributed by atoms with Crippen molar-refractivity contribution in [2.24, 2.45) is 0 Å². The van der Waals surface area contributed by atoms with Crippen LogP contribution in [0.5, 0.6) is 0 Å². The minimum Gasteiger partial charge on any atom is -0.469 e. The average molecular weight is 333 g/mol. The maximum absolute atomic E-state index is 12.8. The minimum absolute atomic E-state index is 0.0142. The summed E-state index contributed by atoms with van der Waals surface area (Å²) in [7, 11) is -3.43. The molecule has 5 heteroatoms. The van der Waals surface area contributed by atoms with Gasteiger partial charge < -0.3 is 4.42 Å². The molecule has 1 atom stereocenters. The Bertz CT molecular complexity index is 756. The molecule has 1 fully saturated rings. The van der Waals surface area contributed by atoms with Crippen LogP contribution in [-0.2, 0) is 15.4 Å². The maximum atomic E-state index is 12.8. The molecular formula is C18H23NO3S. The predicted molar refractivity (Wildman–Crippen MR) is 90.0 cm³/mol. The van der Waals surface area contributed by atoms with Crippen LogP contribution in [0.4, 0.5) is 0 Å². The molecule has 1 aliphatic heterocycles. The Morgan fingerprint density at radius 2 is 1.83 bits per heavy atom. The van der Waals surface area contributed by atoms with Gasteiger partial charge in [-0.05, 0) is 41.7 Å². The molecule has 1 aliphatic rings. The first-order valence-corrected chi connectivity index (χ1v) is 9.36. The zero-order chi connectivity index (χ0) is 16.7. The third kappa shape index (κ3) is 3.21. The number of sulfonamides is 1. The number of rotatable bonds is 3. The van der Waals surface area contributed by atoms with Crippen molar-refractivity contribution in [1.82, 2.24) is 4.31 Å². The average Bonchev–Trinajstić information content (AvgIpc) is 3.17. The fourth-order valence-corrected chi connectivity index (χ4v) is 4.48. The summed E-state index contributed by atoms with van der Waals surface area (Å²) in [6, 6.07) is 11.0. The van der Waals surface area contributed by atoms with E-state index in [2.05, 4.69) is 20.8 Å². The summed E-state index contributed by atoms with van der Waals surface area (Å²) in [6.07, 6.45) is 2.44. The molecule has 1 saturated heterocycles. The van der Waals surface area contributed by atoms with E-state index in [-0.39, 0.29) is 11.3 Å². The van der Waals surface area contributed by atoms with E-state index in [4.69, 9.17) is 4.42 Å². The van der Waals surface area contributed by atoms with Gasteiger partial charge in [-0.15, -0.1) is 0 Å². The van der Waals surface area contributed by atoms with E-state index < -0.39 is 10.0 Å². The second-order valence-corrected chi connectivity index (χ2v) is 9.08. The number of nitrogens with zero attached hydrogens (tertiary/aromatic N) is 1. The van der Waals surface area contributed by atoms with E-state index >= 15 is 0 Å². The number of benzene rings is 1. The molecule has 0 amide bonds. The fraction of sp³-hybridized carbons (Fsp3) is 0.444. The van der Waals surface area contributed by atoms with Crippen molar-refractivity contribution >= 4 is 10.0 Å². The molecular weight excluding hydrogens is 310 g/mol. The Kier molecular flexibility index (Phi) is 4.10. The summed E-state index contributed by atoms with van der Waals surface area (Å²) < 4.78 is 32.6. The van der Waals surface area contributed by atoms with Crippen LogP contribution in [0.1, 0.15) is 44.4 Å². The Morgan fingerprint density at radius 1 is 1.13 bits per heavy atom. The second kappa shape index (κ2) is 5.80. The van der Waals surface area contributed by atoms with Crippen LogP contribution >= 0.6 is 0 Å². The lowest BCUT2D eigenvalue weighted by molar-refractivity contribution is 0.445. The van der Waals surface area contributed by atoms with Crippen molar-refractivity contribution in [2.45, 2.75) is 43.4 Å². The Morgan fingerprint density at radius 3 is 2.39 bits per heavy atom. The number of hydrogen-bond donors (Lipinski definition) is 0. The molecule has 124 valence electrons. The molecule has 0 spiro atoms. The van der Waals surface area contributed by atoms with Gasteiger partial charge in [0.15, 0.2) is 0 Å². The highest BCUT2D eigenvalue weighted by atomic mass is 32.2. The zero-order valence-electron chi connectivity index (χ0n) is 13.8. The molecule has 1 aromatic heterocycles. The van der Waals surface area contributed by atoms with E-state index in [0.29, 0.717) is 18.0 Å². The van der Waals surface area contributed by atoms with Crippen LogP contribution in [0.25, 0.3) is 0 Å². The van der Waals surface area contributed by atoms with Gasteiger partial charge in [-0.3, -0.25) is 0 Å². The van der Waals surface area contributed by atoms with Crippen molar-refractivity contribution < 1.29 is 12.8 Å². The molecule has 0 aliphatic carbocycles. The van der Waals surface area contributed by atoms with E-state index in [1.165, 1.54) is 0 Å². The standard InChI is InChI=1S/C18H23NO3S/c1-18(2,3)15-6-8-16(9-7-15)23(20,21)19-11-10-14(13-19)17-5-4-12-22-17/h4-9,12,14H,10-11,13H2,1-3H3. The van der Waals surface area contributed by atoms with Crippen LogP contribution < -0.4 is 0 Å². The van der Waals surface area contributed by atoms with Crippen LogP contribution in [0.2, 0.25) is 0 Å². The van der Waals surface area contributed by atoms with E-state index in [9.17, 15) is 8.42 Å². The molecule has 0 bridgehead atoms. The Labute approximate surface area is 138 Å². The maximum Gasteiger partial charge on any atom is 0.243 e. The van der Waals surface area contributed by atoms with Crippen LogP contribution in [0, 0.1) is 0 Å². The zero-order valence-corrected chi connectivity index (χ0v) is 14.6. The van der Waals surface area contributed by atoms with Gasteiger partial charge in [-0.2, -0.15) is 4.31 Å². The molecule has 0 radical (unpaired) electrons. The summed E-state index contributed by atoms with van der Waals surface area (Å²) in [5.74, 6) is 1.01. The van der Waals surface area contributed by atoms with Gasteiger partial charge in [0.05, 0.1) is 11.2 Å². The third-order valence-electron chi connectivity index (χ3n) is 4.45. The third-order valence-corrected chi connectivity index (χ3v) is 6.33. The minimum atomic E-state index is -3.43. The summed E-state index contributed by atoms with van der Waals surface area (Å²) in [5.41, 5.74) is 1.15. The van der Waals surface area contributed by atoms with Crippen molar-refractivity contribution in [3.63, 3.8) is 0 Å². The summed E-state index contributed by atoms with van der Waals surface area (Å²) >= 11 is 0. The van der Waals surface area contributed by atoms with Gasteiger partial charge in [-0.25, -0.2) is 8.42 Å². The quantitative estimate of drug-likeness (QED) is 0.859. The summed E-state index contributed by atoms with van der Waals surface area (Å²) in [5, 5.41) is 0. The van der Waals surface area contributed by atoms with Gasteiger partial charge in [0, 0.05) is 19.0 Å². The largest absolute Gasteiger partial charge is 0.469 e. The second-order valence-electron chi connectivity index (χ2n) is 7.14. The van der Waals surface area contributed by atoms with Gasteiger partial charge >= 0.3 is 0 Å². The number of furan rings is 1. The van der Waals surface area contributed by atoms with Crippen LogP contribution in [0.3, 0.4) is 0 Å². The monoisotopic (exact) mass is 333 g/mol. The highest BCUT2D eigenvalue weighted by molar-refractivity contribution is 7.89. The molecule has 23 heavy (non-hydrogen) atoms. The molecule has 2 aromatic rings. The predicted octanol–water partition coefficient (Wildman–Crippen LogP) is 3.76. The molecule has 3 rings (SSSR count). The Hall–Kier alpha value is -1.59. The summed E-state index contributed by atoms with van der Waals surface area (Å²) in [4.78, 5) is 0.366. The molecule has 0 N–H and O–H groups in total. The fourth-order valence-electron chi connectivity index (χ4n) is 2.98. The lowest BCUT2D eigenvalue weighted by Gasteiger charge is -2.20. The van der Waals surface area contributed by atoms with Crippen molar-refractivity contribution in [1.29, 1.82) is 0 Å². The molecule has 2 heterocycles. The molecule has 4 nitrogen and oxygen atoms in total. The van der Waals surface area contributed by atoms with Gasteiger partial charge in [0.1, 0.15) is 5.76 Å². The number of hydrogen-bond acceptors (Lipinski definition) is 3. The lowest BCUT2D eigenvalue weighted by atomic mass is 9.87. The van der Waals surface area contributed by atoms with Crippen LogP contribution in [-0.4, -0.2) is 25.8 Å². The summed E-state index contributed by atoms with van der Waals surface area (Å²) in [6.45, 7) is 7.37.